The largest absolute Gasteiger partial charge is 0.344 e. The fourth-order valence-electron chi connectivity index (χ4n) is 0.548. The molecule has 82 valence electrons. The zero-order valence-corrected chi connectivity index (χ0v) is 9.63. The van der Waals surface area contributed by atoms with E-state index >= 15 is 0 Å². The summed E-state index contributed by atoms with van der Waals surface area (Å²) >= 11 is 0. The monoisotopic (exact) mass is 200 g/mol. The predicted molar refractivity (Wildman–Crippen MR) is 57.9 cm³/mol. The van der Waals surface area contributed by atoms with Crippen molar-refractivity contribution in [2.45, 2.75) is 20.8 Å². The van der Waals surface area contributed by atoms with Crippen molar-refractivity contribution in [1.82, 2.24) is 10.2 Å². The molecule has 0 aliphatic carbocycles. The zero-order valence-electron chi connectivity index (χ0n) is 9.63. The summed E-state index contributed by atoms with van der Waals surface area (Å²) < 4.78 is 0. The molecule has 0 fully saturated rings. The van der Waals surface area contributed by atoms with Crippen molar-refractivity contribution >= 4 is 11.8 Å². The number of allylic oxidation sites excluding steroid dienone is 1. The molecular weight excluding hydrogens is 180 g/mol. The van der Waals surface area contributed by atoms with Crippen LogP contribution in [-0.2, 0) is 9.59 Å². The number of nitrogens with zero attached hydrogens (tertiary/aromatic N) is 1. The summed E-state index contributed by atoms with van der Waals surface area (Å²) in [4.78, 5) is 23.1. The van der Waals surface area contributed by atoms with Gasteiger partial charge in [0.2, 0.25) is 0 Å². The number of hydrogen-bond acceptors (Lipinski definition) is 2. The molecule has 0 atom stereocenters. The third-order valence-corrected chi connectivity index (χ3v) is 1.22. The van der Waals surface area contributed by atoms with Crippen LogP contribution in [0.1, 0.15) is 20.8 Å². The number of hydrogen-bond donors (Lipinski definition) is 1. The van der Waals surface area contributed by atoms with E-state index in [-0.39, 0.29) is 0 Å². The van der Waals surface area contributed by atoms with Crippen molar-refractivity contribution in [2.24, 2.45) is 0 Å². The second-order valence-electron chi connectivity index (χ2n) is 2.48. The summed E-state index contributed by atoms with van der Waals surface area (Å²) in [5.74, 6) is -1.10. The van der Waals surface area contributed by atoms with Crippen LogP contribution >= 0.6 is 0 Å². The summed E-state index contributed by atoms with van der Waals surface area (Å²) in [5, 5.41) is 2.45. The van der Waals surface area contributed by atoms with Crippen LogP contribution in [0, 0.1) is 0 Å². The van der Waals surface area contributed by atoms with E-state index < -0.39 is 11.8 Å². The molecule has 2 amide bonds. The van der Waals surface area contributed by atoms with Crippen molar-refractivity contribution in [1.29, 1.82) is 0 Å². The van der Waals surface area contributed by atoms with E-state index in [0.29, 0.717) is 6.54 Å². The Labute approximate surface area is 86.0 Å². The molecule has 0 saturated carbocycles. The van der Waals surface area contributed by atoms with Gasteiger partial charge in [-0.25, -0.2) is 0 Å². The molecule has 0 saturated heterocycles. The molecule has 1 N–H and O–H groups in total. The van der Waals surface area contributed by atoms with Crippen LogP contribution in [-0.4, -0.2) is 37.4 Å². The second kappa shape index (κ2) is 9.77. The normalized spacial score (nSPS) is 8.93. The van der Waals surface area contributed by atoms with Gasteiger partial charge >= 0.3 is 11.8 Å². The first-order chi connectivity index (χ1) is 6.59. The van der Waals surface area contributed by atoms with Crippen LogP contribution in [0.2, 0.25) is 0 Å². The maximum atomic E-state index is 10.9. The van der Waals surface area contributed by atoms with Gasteiger partial charge < -0.3 is 10.2 Å². The summed E-state index contributed by atoms with van der Waals surface area (Å²) in [7, 11) is 3.08. The van der Waals surface area contributed by atoms with Gasteiger partial charge in [-0.05, 0) is 6.92 Å². The van der Waals surface area contributed by atoms with E-state index in [2.05, 4.69) is 5.32 Å². The van der Waals surface area contributed by atoms with E-state index in [4.69, 9.17) is 0 Å². The minimum atomic E-state index is -0.571. The smallest absolute Gasteiger partial charge is 0.311 e. The van der Waals surface area contributed by atoms with Crippen LogP contribution in [0.4, 0.5) is 0 Å². The highest BCUT2D eigenvalue weighted by Crippen LogP contribution is 1.78. The van der Waals surface area contributed by atoms with E-state index in [1.165, 1.54) is 19.0 Å². The Balaban J connectivity index is 0. The lowest BCUT2D eigenvalue weighted by Gasteiger charge is -2.08. The van der Waals surface area contributed by atoms with E-state index in [1.54, 1.807) is 12.2 Å². The highest BCUT2D eigenvalue weighted by atomic mass is 16.2. The standard InChI is InChI=1S/C8H14N2O2.C2H6/c1-4-5-6-9-7(11)8(12)10(2)3;1-2/h4-5H,6H2,1-3H3,(H,9,11);1-2H3/b5-4+;. The molecule has 14 heavy (non-hydrogen) atoms. The van der Waals surface area contributed by atoms with Gasteiger partial charge in [0.25, 0.3) is 0 Å². The number of carbonyl (C=O) groups is 2. The van der Waals surface area contributed by atoms with E-state index in [0.717, 1.165) is 0 Å². The highest BCUT2D eigenvalue weighted by Gasteiger charge is 2.13. The molecule has 0 heterocycles. The Kier molecular flexibility index (Phi) is 10.6. The summed E-state index contributed by atoms with van der Waals surface area (Å²) in [6, 6.07) is 0. The predicted octanol–water partition coefficient (Wildman–Crippen LogP) is 0.793. The van der Waals surface area contributed by atoms with Crippen LogP contribution in [0.5, 0.6) is 0 Å². The summed E-state index contributed by atoms with van der Waals surface area (Å²) in [5.41, 5.74) is 0. The molecule has 0 aliphatic rings. The zero-order chi connectivity index (χ0) is 11.6. The molecule has 0 radical (unpaired) electrons. The van der Waals surface area contributed by atoms with Gasteiger partial charge in [-0.3, -0.25) is 9.59 Å². The lowest BCUT2D eigenvalue weighted by Crippen LogP contribution is -2.39. The lowest BCUT2D eigenvalue weighted by molar-refractivity contribution is -0.144. The quantitative estimate of drug-likeness (QED) is 0.529. The van der Waals surface area contributed by atoms with Gasteiger partial charge in [-0.1, -0.05) is 26.0 Å². The van der Waals surface area contributed by atoms with Gasteiger partial charge in [0, 0.05) is 20.6 Å². The highest BCUT2D eigenvalue weighted by molar-refractivity contribution is 6.34. The Morgan fingerprint density at radius 2 is 1.79 bits per heavy atom. The van der Waals surface area contributed by atoms with Crippen molar-refractivity contribution < 1.29 is 9.59 Å². The molecule has 0 unspecified atom stereocenters. The van der Waals surface area contributed by atoms with Gasteiger partial charge in [0.1, 0.15) is 0 Å². The molecule has 0 aliphatic heterocycles. The lowest BCUT2D eigenvalue weighted by atomic mass is 10.4. The number of carbonyl (C=O) groups excluding carboxylic acids is 2. The van der Waals surface area contributed by atoms with Gasteiger partial charge in [0.15, 0.2) is 0 Å². The molecule has 0 spiro atoms. The first-order valence-corrected chi connectivity index (χ1v) is 4.70. The Hall–Kier alpha value is -1.32. The third kappa shape index (κ3) is 7.34. The topological polar surface area (TPSA) is 49.4 Å². The molecule has 0 aromatic carbocycles. The molecule has 4 nitrogen and oxygen atoms in total. The van der Waals surface area contributed by atoms with Crippen molar-refractivity contribution in [3.8, 4) is 0 Å². The van der Waals surface area contributed by atoms with Gasteiger partial charge in [0.05, 0.1) is 0 Å². The number of nitrogens with one attached hydrogen (secondary N) is 1. The molecule has 0 rings (SSSR count). The first kappa shape index (κ1) is 15.2. The number of amides is 2. The van der Waals surface area contributed by atoms with Crippen molar-refractivity contribution in [3.05, 3.63) is 12.2 Å². The minimum absolute atomic E-state index is 0.398. The maximum absolute atomic E-state index is 10.9. The fraction of sp³-hybridized carbons (Fsp3) is 0.600. The van der Waals surface area contributed by atoms with Crippen molar-refractivity contribution in [2.75, 3.05) is 20.6 Å². The Morgan fingerprint density at radius 3 is 2.14 bits per heavy atom. The van der Waals surface area contributed by atoms with Crippen LogP contribution in [0.25, 0.3) is 0 Å². The molecular formula is C10H20N2O2. The average Bonchev–Trinajstić information content (AvgIpc) is 2.19. The molecule has 0 bridgehead atoms. The molecule has 0 aromatic rings. The van der Waals surface area contributed by atoms with Gasteiger partial charge in [-0.15, -0.1) is 0 Å². The minimum Gasteiger partial charge on any atom is -0.344 e. The van der Waals surface area contributed by atoms with Crippen LogP contribution in [0.15, 0.2) is 12.2 Å². The van der Waals surface area contributed by atoms with E-state index in [9.17, 15) is 9.59 Å². The SMILES string of the molecule is C/C=C/CNC(=O)C(=O)N(C)C.CC. The summed E-state index contributed by atoms with van der Waals surface area (Å²) in [6.07, 6.45) is 3.57. The fourth-order valence-corrected chi connectivity index (χ4v) is 0.548. The van der Waals surface area contributed by atoms with E-state index in [1.807, 2.05) is 20.8 Å². The van der Waals surface area contributed by atoms with Gasteiger partial charge in [-0.2, -0.15) is 0 Å². The molecule has 0 aromatic heterocycles. The van der Waals surface area contributed by atoms with Crippen molar-refractivity contribution in [3.63, 3.8) is 0 Å². The maximum Gasteiger partial charge on any atom is 0.311 e. The molecule has 4 heteroatoms. The average molecular weight is 200 g/mol. The van der Waals surface area contributed by atoms with Crippen LogP contribution in [0.3, 0.4) is 0 Å². The number of likely N-dealkylation sites (N-methyl/N-ethyl adjacent to an activating group) is 1. The Bertz CT molecular complexity index is 198. The Morgan fingerprint density at radius 1 is 1.29 bits per heavy atom. The third-order valence-electron chi connectivity index (χ3n) is 1.22. The summed E-state index contributed by atoms with van der Waals surface area (Å²) in [6.45, 7) is 6.24. The second-order valence-corrected chi connectivity index (χ2v) is 2.48. The first-order valence-electron chi connectivity index (χ1n) is 4.70. The van der Waals surface area contributed by atoms with Crippen LogP contribution < -0.4 is 5.32 Å². The number of rotatable bonds is 2.